The molecule has 0 amide bonds. The van der Waals surface area contributed by atoms with Crippen molar-refractivity contribution in [3.05, 3.63) is 131 Å². The number of thioether (sulfide) groups is 1. The molecule has 7 nitrogen and oxygen atoms in total. The van der Waals surface area contributed by atoms with E-state index in [1.807, 2.05) is 34.7 Å². The molecule has 242 valence electrons. The predicted molar refractivity (Wildman–Crippen MR) is 194 cm³/mol. The summed E-state index contributed by atoms with van der Waals surface area (Å²) in [7, 11) is -3.95. The summed E-state index contributed by atoms with van der Waals surface area (Å²) in [5, 5.41) is 10.8. The Morgan fingerprint density at radius 1 is 0.894 bits per heavy atom. The highest BCUT2D eigenvalue weighted by molar-refractivity contribution is 7.99. The van der Waals surface area contributed by atoms with Gasteiger partial charge in [0.1, 0.15) is 5.82 Å². The molecular formula is C36H34Cl2N4O3S2. The van der Waals surface area contributed by atoms with E-state index in [0.29, 0.717) is 38.9 Å². The molecule has 5 aromatic rings. The maximum Gasteiger partial charge on any atom is 0.330 e. The van der Waals surface area contributed by atoms with Crippen LogP contribution in [0.25, 0.3) is 28.1 Å². The number of rotatable bonds is 9. The first-order chi connectivity index (χ1) is 22.3. The smallest absolute Gasteiger partial charge is 0.330 e. The molecule has 0 fully saturated rings. The number of halogens is 2. The zero-order chi connectivity index (χ0) is 33.3. The first-order valence-corrected chi connectivity index (χ1v) is 18.2. The van der Waals surface area contributed by atoms with Crippen molar-refractivity contribution in [1.29, 1.82) is 0 Å². The predicted octanol–water partition coefficient (Wildman–Crippen LogP) is 9.64. The Kier molecular flexibility index (Phi) is 9.36. The summed E-state index contributed by atoms with van der Waals surface area (Å²) < 4.78 is 30.1. The van der Waals surface area contributed by atoms with Gasteiger partial charge in [0, 0.05) is 33.8 Å². The van der Waals surface area contributed by atoms with Gasteiger partial charge >= 0.3 is 10.2 Å². The zero-order valence-corrected chi connectivity index (χ0v) is 29.3. The van der Waals surface area contributed by atoms with E-state index in [9.17, 15) is 13.5 Å². The van der Waals surface area contributed by atoms with Crippen LogP contribution in [0, 0.1) is 5.41 Å². The number of nitrogens with zero attached hydrogens (tertiary/aromatic N) is 3. The monoisotopic (exact) mass is 704 g/mol. The van der Waals surface area contributed by atoms with Crippen LogP contribution in [-0.2, 0) is 16.6 Å². The molecule has 0 spiro atoms. The summed E-state index contributed by atoms with van der Waals surface area (Å²) in [6, 6.07) is 29.4. The molecule has 1 aliphatic heterocycles. The van der Waals surface area contributed by atoms with Gasteiger partial charge in [-0.25, -0.2) is 14.0 Å². The van der Waals surface area contributed by atoms with Crippen molar-refractivity contribution in [3.63, 3.8) is 0 Å². The van der Waals surface area contributed by atoms with E-state index < -0.39 is 16.1 Å². The largest absolute Gasteiger partial charge is 0.493 e. The number of nitrogens with one attached hydrogen (secondary N) is 1. The zero-order valence-electron chi connectivity index (χ0n) is 26.1. The number of aromatic nitrogens is 2. The van der Waals surface area contributed by atoms with Gasteiger partial charge in [-0.15, -0.1) is 11.8 Å². The number of aliphatic hydroxyl groups excluding tert-OH is 1. The van der Waals surface area contributed by atoms with Crippen LogP contribution in [-0.4, -0.2) is 28.8 Å². The van der Waals surface area contributed by atoms with Gasteiger partial charge in [0.25, 0.3) is 0 Å². The lowest BCUT2D eigenvalue weighted by Crippen LogP contribution is -2.29. The van der Waals surface area contributed by atoms with Gasteiger partial charge in [0.15, 0.2) is 0 Å². The first-order valence-electron chi connectivity index (χ1n) is 15.0. The maximum absolute atomic E-state index is 12.6. The van der Waals surface area contributed by atoms with E-state index in [1.54, 1.807) is 30.3 Å². The average molecular weight is 706 g/mol. The molecule has 11 heteroatoms. The minimum Gasteiger partial charge on any atom is -0.493 e. The first kappa shape index (κ1) is 33.0. The van der Waals surface area contributed by atoms with Crippen molar-refractivity contribution in [2.24, 2.45) is 5.41 Å². The van der Waals surface area contributed by atoms with Crippen LogP contribution in [0.4, 0.5) is 5.69 Å². The van der Waals surface area contributed by atoms with Crippen LogP contribution in [0.5, 0.6) is 0 Å². The van der Waals surface area contributed by atoms with E-state index in [-0.39, 0.29) is 0 Å². The van der Waals surface area contributed by atoms with Crippen molar-refractivity contribution in [2.75, 3.05) is 10.1 Å². The lowest BCUT2D eigenvalue weighted by Gasteiger charge is -2.17. The van der Waals surface area contributed by atoms with E-state index in [1.165, 1.54) is 11.3 Å². The standard InChI is InChI=1S/C36H34Cl2N4O3S2/c1-36(2,3)17-18-46-30-14-11-26(12-15-30)25-9-7-24(8-10-25)19-34-39-33(31-16-13-27(37)20-32(31)38)22-41(34)28-5-4-6-29(21-28)42-23-35(43)40-47(42,44)45/h4-16,20-23,40,43H,17-19H2,1-3H3. The third-order valence-electron chi connectivity index (χ3n) is 7.71. The number of benzene rings is 4. The van der Waals surface area contributed by atoms with Crippen molar-refractivity contribution in [3.8, 4) is 28.1 Å². The van der Waals surface area contributed by atoms with E-state index >= 15 is 0 Å². The fraction of sp³-hybridized carbons (Fsp3) is 0.194. The quantitative estimate of drug-likeness (QED) is 0.149. The normalized spacial score (nSPS) is 14.2. The summed E-state index contributed by atoms with van der Waals surface area (Å²) in [6.45, 7) is 6.81. The van der Waals surface area contributed by atoms with Gasteiger partial charge in [-0.1, -0.05) is 86.4 Å². The highest BCUT2D eigenvalue weighted by Gasteiger charge is 2.29. The van der Waals surface area contributed by atoms with Crippen LogP contribution in [0.1, 0.15) is 38.6 Å². The fourth-order valence-corrected chi connectivity index (χ4v) is 8.02. The summed E-state index contributed by atoms with van der Waals surface area (Å²) >= 11 is 14.6. The third-order valence-corrected chi connectivity index (χ3v) is 10.6. The highest BCUT2D eigenvalue weighted by atomic mass is 35.5. The number of anilines is 1. The molecule has 0 bridgehead atoms. The van der Waals surface area contributed by atoms with Gasteiger partial charge in [-0.2, -0.15) is 8.42 Å². The summed E-state index contributed by atoms with van der Waals surface area (Å²) in [6.07, 6.45) is 4.67. The Hall–Kier alpha value is -3.89. The molecule has 1 aromatic heterocycles. The van der Waals surface area contributed by atoms with Crippen molar-refractivity contribution in [1.82, 2.24) is 14.3 Å². The summed E-state index contributed by atoms with van der Waals surface area (Å²) in [4.78, 5) is 6.25. The van der Waals surface area contributed by atoms with Gasteiger partial charge in [-0.05, 0) is 82.8 Å². The van der Waals surface area contributed by atoms with Crippen LogP contribution in [0.2, 0.25) is 10.0 Å². The van der Waals surface area contributed by atoms with Gasteiger partial charge < -0.3 is 9.67 Å². The molecule has 0 unspecified atom stereocenters. The van der Waals surface area contributed by atoms with Gasteiger partial charge in [0.05, 0.1) is 22.6 Å². The average Bonchev–Trinajstić information content (AvgIpc) is 3.55. The summed E-state index contributed by atoms with van der Waals surface area (Å²) in [5.74, 6) is 1.37. The Morgan fingerprint density at radius 3 is 2.21 bits per heavy atom. The van der Waals surface area contributed by atoms with Crippen molar-refractivity contribution < 1.29 is 13.5 Å². The molecule has 0 saturated carbocycles. The minimum atomic E-state index is -3.95. The molecule has 4 aromatic carbocycles. The van der Waals surface area contributed by atoms with Gasteiger partial charge in [0.2, 0.25) is 5.88 Å². The SMILES string of the molecule is CC(C)(C)CCSc1ccc(-c2ccc(Cc3nc(-c4ccc(Cl)cc4Cl)cn3-c3cccc(N4C=C(O)NS4(=O)=O)c3)cc2)cc1. The molecular weight excluding hydrogens is 671 g/mol. The second-order valence-electron chi connectivity index (χ2n) is 12.5. The lowest BCUT2D eigenvalue weighted by atomic mass is 9.94. The Morgan fingerprint density at radius 2 is 1.57 bits per heavy atom. The van der Waals surface area contributed by atoms with Crippen molar-refractivity contribution in [2.45, 2.75) is 38.5 Å². The molecule has 0 aliphatic carbocycles. The number of aliphatic hydroxyl groups is 1. The Labute approximate surface area is 290 Å². The minimum absolute atomic E-state index is 0.331. The van der Waals surface area contributed by atoms with Crippen LogP contribution < -0.4 is 9.03 Å². The molecule has 6 rings (SSSR count). The van der Waals surface area contributed by atoms with E-state index in [2.05, 4.69) is 74.0 Å². The number of imidazole rings is 1. The second-order valence-corrected chi connectivity index (χ2v) is 16.1. The fourth-order valence-electron chi connectivity index (χ4n) is 5.19. The molecule has 47 heavy (non-hydrogen) atoms. The van der Waals surface area contributed by atoms with E-state index in [4.69, 9.17) is 28.2 Å². The van der Waals surface area contributed by atoms with E-state index in [0.717, 1.165) is 44.3 Å². The second kappa shape index (κ2) is 13.3. The molecule has 2 N–H and O–H groups in total. The van der Waals surface area contributed by atoms with Crippen LogP contribution >= 0.6 is 35.0 Å². The Bertz CT molecular complexity index is 2050. The number of hydrogen-bond acceptors (Lipinski definition) is 5. The van der Waals surface area contributed by atoms with Crippen LogP contribution in [0.3, 0.4) is 0 Å². The lowest BCUT2D eigenvalue weighted by molar-refractivity contribution is 0.392. The van der Waals surface area contributed by atoms with Crippen molar-refractivity contribution >= 4 is 50.9 Å². The van der Waals surface area contributed by atoms with Gasteiger partial charge in [-0.3, -0.25) is 0 Å². The maximum atomic E-state index is 12.6. The Balaban J connectivity index is 1.29. The molecule has 0 atom stereocenters. The summed E-state index contributed by atoms with van der Waals surface area (Å²) in [5.41, 5.74) is 6.08. The number of hydrogen-bond donors (Lipinski definition) is 2. The third kappa shape index (κ3) is 7.81. The van der Waals surface area contributed by atoms with Crippen LogP contribution in [0.15, 0.2) is 114 Å². The molecule has 0 saturated heterocycles. The molecule has 2 heterocycles. The molecule has 1 aliphatic rings. The highest BCUT2D eigenvalue weighted by Crippen LogP contribution is 2.33. The molecule has 0 radical (unpaired) electrons. The topological polar surface area (TPSA) is 87.5 Å².